The number of sulfonamides is 1. The van der Waals surface area contributed by atoms with Crippen LogP contribution < -0.4 is 4.72 Å². The molecule has 0 heterocycles. The van der Waals surface area contributed by atoms with Crippen molar-refractivity contribution in [2.45, 2.75) is 31.2 Å². The number of hydrogen-bond donors (Lipinski definition) is 2. The molecule has 0 fully saturated rings. The molecule has 0 aromatic heterocycles. The van der Waals surface area contributed by atoms with Gasteiger partial charge in [-0.3, -0.25) is 4.79 Å². The van der Waals surface area contributed by atoms with Crippen LogP contribution in [0.1, 0.15) is 20.3 Å². The summed E-state index contributed by atoms with van der Waals surface area (Å²) < 4.78 is 39.7. The van der Waals surface area contributed by atoms with Gasteiger partial charge in [-0.15, -0.1) is 0 Å². The normalized spacial score (nSPS) is 14.8. The summed E-state index contributed by atoms with van der Waals surface area (Å²) in [4.78, 5) is 10.5. The fourth-order valence-corrected chi connectivity index (χ4v) is 3.09. The summed E-state index contributed by atoms with van der Waals surface area (Å²) in [6, 6.07) is 1.75. The predicted molar refractivity (Wildman–Crippen MR) is 72.6 cm³/mol. The number of halogens is 2. The summed E-state index contributed by atoms with van der Waals surface area (Å²) in [5, 5.41) is 9.11. The van der Waals surface area contributed by atoms with Gasteiger partial charge in [0.05, 0.1) is 0 Å². The lowest BCUT2D eigenvalue weighted by Gasteiger charge is -2.20. The Morgan fingerprint density at radius 2 is 2.10 bits per heavy atom. The molecule has 20 heavy (non-hydrogen) atoms. The zero-order valence-electron chi connectivity index (χ0n) is 10.9. The summed E-state index contributed by atoms with van der Waals surface area (Å²) in [6.07, 6.45) is 0.461. The molecule has 0 unspecified atom stereocenters. The van der Waals surface area contributed by atoms with Crippen molar-refractivity contribution >= 4 is 27.6 Å². The zero-order valence-corrected chi connectivity index (χ0v) is 12.5. The van der Waals surface area contributed by atoms with Gasteiger partial charge < -0.3 is 5.11 Å². The predicted octanol–water partition coefficient (Wildman–Crippen LogP) is 2.26. The first-order valence-corrected chi connectivity index (χ1v) is 7.75. The van der Waals surface area contributed by atoms with E-state index in [2.05, 4.69) is 0 Å². The highest BCUT2D eigenvalue weighted by atomic mass is 35.5. The SMILES string of the molecule is CC[C@H](C)[C@H](NS(=O)(=O)c1ccc(Cl)cc1F)C(=O)O. The van der Waals surface area contributed by atoms with Crippen LogP contribution in [0.2, 0.25) is 5.02 Å². The van der Waals surface area contributed by atoms with Gasteiger partial charge >= 0.3 is 5.97 Å². The van der Waals surface area contributed by atoms with Crippen LogP contribution in [0, 0.1) is 11.7 Å². The van der Waals surface area contributed by atoms with Crippen molar-refractivity contribution in [1.82, 2.24) is 4.72 Å². The maximum absolute atomic E-state index is 13.6. The van der Waals surface area contributed by atoms with Crippen LogP contribution in [0.3, 0.4) is 0 Å². The van der Waals surface area contributed by atoms with E-state index in [0.29, 0.717) is 6.42 Å². The molecule has 1 aromatic rings. The second kappa shape index (κ2) is 6.51. The molecule has 1 rings (SSSR count). The first-order chi connectivity index (χ1) is 9.19. The highest BCUT2D eigenvalue weighted by Crippen LogP contribution is 2.20. The average molecular weight is 324 g/mol. The fourth-order valence-electron chi connectivity index (χ4n) is 1.57. The fraction of sp³-hybridized carbons (Fsp3) is 0.417. The van der Waals surface area contributed by atoms with Crippen LogP contribution in [0.5, 0.6) is 0 Å². The molecular weight excluding hydrogens is 309 g/mol. The molecule has 0 aliphatic carbocycles. The summed E-state index contributed by atoms with van der Waals surface area (Å²) in [6.45, 7) is 3.33. The Labute approximate surface area is 121 Å². The van der Waals surface area contributed by atoms with Crippen molar-refractivity contribution in [3.05, 3.63) is 29.0 Å². The Bertz CT molecular complexity index is 605. The molecule has 0 bridgehead atoms. The van der Waals surface area contributed by atoms with Gasteiger partial charge in [-0.2, -0.15) is 4.72 Å². The van der Waals surface area contributed by atoms with Crippen molar-refractivity contribution < 1.29 is 22.7 Å². The molecule has 0 aliphatic rings. The van der Waals surface area contributed by atoms with Gasteiger partial charge in [-0.1, -0.05) is 31.9 Å². The van der Waals surface area contributed by atoms with Crippen molar-refractivity contribution in [2.24, 2.45) is 5.92 Å². The Morgan fingerprint density at radius 1 is 1.50 bits per heavy atom. The van der Waals surface area contributed by atoms with Gasteiger partial charge in [0, 0.05) is 5.02 Å². The minimum atomic E-state index is -4.27. The lowest BCUT2D eigenvalue weighted by Crippen LogP contribution is -2.45. The second-order valence-corrected chi connectivity index (χ2v) is 6.52. The molecule has 2 atom stereocenters. The maximum Gasteiger partial charge on any atom is 0.322 e. The van der Waals surface area contributed by atoms with Crippen LogP contribution in [0.25, 0.3) is 0 Å². The Kier molecular flexibility index (Phi) is 5.50. The van der Waals surface area contributed by atoms with E-state index in [4.69, 9.17) is 16.7 Å². The number of aliphatic carboxylic acids is 1. The summed E-state index contributed by atoms with van der Waals surface area (Å²) >= 11 is 5.55. The van der Waals surface area contributed by atoms with E-state index in [1.807, 2.05) is 4.72 Å². The second-order valence-electron chi connectivity index (χ2n) is 4.40. The third-order valence-corrected chi connectivity index (χ3v) is 4.65. The van der Waals surface area contributed by atoms with E-state index in [-0.39, 0.29) is 5.02 Å². The summed E-state index contributed by atoms with van der Waals surface area (Å²) in [5.74, 6) is -2.77. The average Bonchev–Trinajstić information content (AvgIpc) is 2.34. The Hall–Kier alpha value is -1.18. The number of carbonyl (C=O) groups is 1. The van der Waals surface area contributed by atoms with E-state index in [1.54, 1.807) is 13.8 Å². The third-order valence-electron chi connectivity index (χ3n) is 2.94. The molecule has 0 saturated heterocycles. The highest BCUT2D eigenvalue weighted by molar-refractivity contribution is 7.89. The molecule has 0 aliphatic heterocycles. The lowest BCUT2D eigenvalue weighted by molar-refractivity contribution is -0.140. The molecule has 8 heteroatoms. The van der Waals surface area contributed by atoms with Gasteiger partial charge in [-0.05, 0) is 24.1 Å². The quantitative estimate of drug-likeness (QED) is 0.841. The van der Waals surface area contributed by atoms with E-state index in [0.717, 1.165) is 12.1 Å². The van der Waals surface area contributed by atoms with Gasteiger partial charge in [0.2, 0.25) is 10.0 Å². The van der Waals surface area contributed by atoms with Gasteiger partial charge in [-0.25, -0.2) is 12.8 Å². The zero-order chi connectivity index (χ0) is 15.5. The standard InChI is InChI=1S/C12H15ClFNO4S/c1-3-7(2)11(12(16)17)15-20(18,19)10-5-4-8(13)6-9(10)14/h4-7,11,15H,3H2,1-2H3,(H,16,17)/t7-,11-/m0/s1. The van der Waals surface area contributed by atoms with E-state index < -0.39 is 38.7 Å². The van der Waals surface area contributed by atoms with Crippen LogP contribution in [0.15, 0.2) is 23.1 Å². The van der Waals surface area contributed by atoms with Gasteiger partial charge in [0.1, 0.15) is 16.8 Å². The first-order valence-electron chi connectivity index (χ1n) is 5.89. The minimum absolute atomic E-state index is 0.0539. The van der Waals surface area contributed by atoms with Crippen LogP contribution in [-0.4, -0.2) is 25.5 Å². The van der Waals surface area contributed by atoms with Crippen LogP contribution >= 0.6 is 11.6 Å². The maximum atomic E-state index is 13.6. The summed E-state index contributed by atoms with van der Waals surface area (Å²) in [7, 11) is -4.27. The van der Waals surface area contributed by atoms with Crippen molar-refractivity contribution in [3.63, 3.8) is 0 Å². The van der Waals surface area contributed by atoms with Gasteiger partial charge in [0.15, 0.2) is 0 Å². The molecule has 0 spiro atoms. The third kappa shape index (κ3) is 3.91. The molecular formula is C12H15ClFNO4S. The molecule has 5 nitrogen and oxygen atoms in total. The first kappa shape index (κ1) is 16.9. The van der Waals surface area contributed by atoms with E-state index in [1.165, 1.54) is 6.07 Å². The molecule has 2 N–H and O–H groups in total. The Morgan fingerprint density at radius 3 is 2.55 bits per heavy atom. The van der Waals surface area contributed by atoms with Crippen molar-refractivity contribution in [3.8, 4) is 0 Å². The largest absolute Gasteiger partial charge is 0.480 e. The summed E-state index contributed by atoms with van der Waals surface area (Å²) in [5.41, 5.74) is 0. The number of rotatable bonds is 6. The highest BCUT2D eigenvalue weighted by Gasteiger charge is 2.30. The molecule has 112 valence electrons. The van der Waals surface area contributed by atoms with E-state index >= 15 is 0 Å². The molecule has 0 radical (unpaired) electrons. The number of carboxylic acids is 1. The molecule has 0 saturated carbocycles. The van der Waals surface area contributed by atoms with E-state index in [9.17, 15) is 17.6 Å². The topological polar surface area (TPSA) is 83.5 Å². The Balaban J connectivity index is 3.13. The number of nitrogens with one attached hydrogen (secondary N) is 1. The monoisotopic (exact) mass is 323 g/mol. The number of benzene rings is 1. The number of carboxylic acid groups (broad SMARTS) is 1. The van der Waals surface area contributed by atoms with Crippen LogP contribution in [-0.2, 0) is 14.8 Å². The lowest BCUT2D eigenvalue weighted by atomic mass is 10.0. The van der Waals surface area contributed by atoms with Gasteiger partial charge in [0.25, 0.3) is 0 Å². The van der Waals surface area contributed by atoms with Crippen LogP contribution in [0.4, 0.5) is 4.39 Å². The van der Waals surface area contributed by atoms with Crippen molar-refractivity contribution in [1.29, 1.82) is 0 Å². The smallest absolute Gasteiger partial charge is 0.322 e. The number of hydrogen-bond acceptors (Lipinski definition) is 3. The van der Waals surface area contributed by atoms with Crippen molar-refractivity contribution in [2.75, 3.05) is 0 Å². The molecule has 1 aromatic carbocycles. The molecule has 0 amide bonds. The minimum Gasteiger partial charge on any atom is -0.480 e.